The summed E-state index contributed by atoms with van der Waals surface area (Å²) >= 11 is -0.338. The van der Waals surface area contributed by atoms with Gasteiger partial charge in [-0.15, -0.1) is 4.05 Å². The SMILES string of the molecule is CCCCCCCCCCOCOCCCC(C)C[CH](C)[Mg][Cl]. The van der Waals surface area contributed by atoms with E-state index >= 15 is 0 Å². The summed E-state index contributed by atoms with van der Waals surface area (Å²) < 4.78 is 11.8. The first-order valence-corrected chi connectivity index (χ1v) is 12.9. The highest BCUT2D eigenvalue weighted by atomic mass is 35.5. The van der Waals surface area contributed by atoms with E-state index in [9.17, 15) is 0 Å². The van der Waals surface area contributed by atoms with Gasteiger partial charge in [0.1, 0.15) is 6.79 Å². The van der Waals surface area contributed by atoms with Gasteiger partial charge in [0.25, 0.3) is 0 Å². The van der Waals surface area contributed by atoms with Gasteiger partial charge in [0.2, 0.25) is 0 Å². The van der Waals surface area contributed by atoms with Crippen molar-refractivity contribution in [2.75, 3.05) is 20.0 Å². The van der Waals surface area contributed by atoms with Crippen molar-refractivity contribution in [3.8, 4) is 0 Å². The molecule has 23 heavy (non-hydrogen) atoms. The van der Waals surface area contributed by atoms with Crippen molar-refractivity contribution >= 4 is 28.3 Å². The van der Waals surface area contributed by atoms with Crippen molar-refractivity contribution in [3.63, 3.8) is 0 Å². The first kappa shape index (κ1) is 24.0. The van der Waals surface area contributed by atoms with Gasteiger partial charge in [-0.1, -0.05) is 72.1 Å². The van der Waals surface area contributed by atoms with E-state index < -0.39 is 0 Å². The highest BCUT2D eigenvalue weighted by molar-refractivity contribution is 6.94. The van der Waals surface area contributed by atoms with E-state index in [1.54, 1.807) is 0 Å². The fourth-order valence-electron chi connectivity index (χ4n) is 2.92. The Labute approximate surface area is 158 Å². The maximum Gasteiger partial charge on any atom is 0.504 e. The summed E-state index contributed by atoms with van der Waals surface area (Å²) in [4.78, 5) is 0. The summed E-state index contributed by atoms with van der Waals surface area (Å²) in [6.45, 7) is 9.03. The molecule has 0 heterocycles. The molecule has 0 bridgehead atoms. The second kappa shape index (κ2) is 19.3. The zero-order chi connectivity index (χ0) is 17.2. The van der Waals surface area contributed by atoms with Crippen molar-refractivity contribution < 1.29 is 9.47 Å². The topological polar surface area (TPSA) is 18.5 Å². The third kappa shape index (κ3) is 19.2. The zero-order valence-electron chi connectivity index (χ0n) is 16.0. The molecule has 0 aromatic carbocycles. The van der Waals surface area contributed by atoms with Crippen molar-refractivity contribution in [2.45, 2.75) is 95.4 Å². The van der Waals surface area contributed by atoms with E-state index in [2.05, 4.69) is 20.8 Å². The van der Waals surface area contributed by atoms with Crippen molar-refractivity contribution in [3.05, 3.63) is 0 Å². The van der Waals surface area contributed by atoms with E-state index in [-0.39, 0.29) is 19.3 Å². The number of hydrogen-bond donors (Lipinski definition) is 0. The smallest absolute Gasteiger partial charge is 0.355 e. The largest absolute Gasteiger partial charge is 0.504 e. The van der Waals surface area contributed by atoms with Crippen LogP contribution in [0.2, 0.25) is 4.05 Å². The summed E-state index contributed by atoms with van der Waals surface area (Å²) in [7, 11) is 5.99. The average Bonchev–Trinajstić information content (AvgIpc) is 2.55. The minimum absolute atomic E-state index is 0.338. The van der Waals surface area contributed by atoms with Crippen LogP contribution < -0.4 is 0 Å². The lowest BCUT2D eigenvalue weighted by molar-refractivity contribution is -0.0561. The molecule has 0 aliphatic rings. The highest BCUT2D eigenvalue weighted by Crippen LogP contribution is 2.20. The molecule has 0 aromatic rings. The predicted molar refractivity (Wildman–Crippen MR) is 103 cm³/mol. The Kier molecular flexibility index (Phi) is 20.1. The fourth-order valence-corrected chi connectivity index (χ4v) is 3.99. The second-order valence-electron chi connectivity index (χ2n) is 7.15. The van der Waals surface area contributed by atoms with E-state index in [4.69, 9.17) is 18.5 Å². The van der Waals surface area contributed by atoms with Crippen molar-refractivity contribution in [1.29, 1.82) is 0 Å². The third-order valence-corrected chi connectivity index (χ3v) is 6.80. The highest BCUT2D eigenvalue weighted by Gasteiger charge is 2.09. The van der Waals surface area contributed by atoms with Crippen LogP contribution in [0.25, 0.3) is 0 Å². The monoisotopic (exact) mass is 358 g/mol. The zero-order valence-corrected chi connectivity index (χ0v) is 18.1. The summed E-state index contributed by atoms with van der Waals surface area (Å²) in [6.07, 6.45) is 14.4. The van der Waals surface area contributed by atoms with Crippen LogP contribution in [0.3, 0.4) is 0 Å². The van der Waals surface area contributed by atoms with Gasteiger partial charge in [0.15, 0.2) is 0 Å². The maximum atomic E-state index is 5.99. The van der Waals surface area contributed by atoms with Gasteiger partial charge in [-0.3, -0.25) is 0 Å². The molecule has 0 radical (unpaired) electrons. The molecule has 2 nitrogen and oxygen atoms in total. The van der Waals surface area contributed by atoms with Crippen LogP contribution in [0, 0.1) is 5.92 Å². The molecule has 0 saturated heterocycles. The molecule has 0 amide bonds. The summed E-state index contributed by atoms with van der Waals surface area (Å²) in [6, 6.07) is 0. The van der Waals surface area contributed by atoms with Crippen molar-refractivity contribution in [2.24, 2.45) is 5.92 Å². The summed E-state index contributed by atoms with van der Waals surface area (Å²) in [5, 5.41) is 0. The Morgan fingerprint density at radius 1 is 0.826 bits per heavy atom. The summed E-state index contributed by atoms with van der Waals surface area (Å²) in [5.74, 6) is 0.776. The van der Waals surface area contributed by atoms with E-state index in [0.717, 1.165) is 29.6 Å². The van der Waals surface area contributed by atoms with Gasteiger partial charge in [0, 0.05) is 13.2 Å². The molecular formula is C19H39ClMgO2. The van der Waals surface area contributed by atoms with Crippen LogP contribution in [0.4, 0.5) is 0 Å². The van der Waals surface area contributed by atoms with Crippen LogP contribution >= 0.6 is 9.07 Å². The van der Waals surface area contributed by atoms with Crippen LogP contribution in [-0.2, 0) is 9.47 Å². The second-order valence-corrected chi connectivity index (χ2v) is 9.78. The average molecular weight is 359 g/mol. The van der Waals surface area contributed by atoms with E-state index in [1.807, 2.05) is 0 Å². The normalized spacial score (nSPS) is 13.7. The quantitative estimate of drug-likeness (QED) is 0.156. The molecule has 2 atom stereocenters. The molecule has 0 N–H and O–H groups in total. The predicted octanol–water partition coefficient (Wildman–Crippen LogP) is 6.59. The molecule has 0 aromatic heterocycles. The molecular weight excluding hydrogens is 320 g/mol. The fraction of sp³-hybridized carbons (Fsp3) is 1.00. The Morgan fingerprint density at radius 3 is 2.00 bits per heavy atom. The van der Waals surface area contributed by atoms with Gasteiger partial charge >= 0.3 is 19.3 Å². The molecule has 0 fully saturated rings. The van der Waals surface area contributed by atoms with E-state index in [1.165, 1.54) is 64.2 Å². The van der Waals surface area contributed by atoms with Gasteiger partial charge in [-0.2, -0.15) is 0 Å². The number of rotatable bonds is 18. The minimum atomic E-state index is -0.338. The van der Waals surface area contributed by atoms with Gasteiger partial charge in [-0.25, -0.2) is 0 Å². The molecule has 136 valence electrons. The van der Waals surface area contributed by atoms with Crippen LogP contribution in [0.5, 0.6) is 0 Å². The Hall–Kier alpha value is 0.976. The molecule has 0 aliphatic heterocycles. The lowest BCUT2D eigenvalue weighted by atomic mass is 10.0. The molecule has 0 saturated carbocycles. The first-order chi connectivity index (χ1) is 11.2. The Balaban J connectivity index is 3.10. The Morgan fingerprint density at radius 2 is 1.39 bits per heavy atom. The third-order valence-electron chi connectivity index (χ3n) is 4.36. The number of halogens is 1. The standard InChI is InChI=1S/C19H39O2.ClH.Mg/c1-4-6-7-8-9-10-11-12-16-20-18-21-17-13-15-19(3)14-5-2;;/h5,19H,4,6-18H2,1-3H3;1H;/q;;+1/p-1. The van der Waals surface area contributed by atoms with Gasteiger partial charge < -0.3 is 18.5 Å². The van der Waals surface area contributed by atoms with E-state index in [0.29, 0.717) is 6.79 Å². The molecule has 2 unspecified atom stereocenters. The van der Waals surface area contributed by atoms with Crippen molar-refractivity contribution in [1.82, 2.24) is 0 Å². The lowest BCUT2D eigenvalue weighted by Crippen LogP contribution is -2.06. The number of hydrogen-bond acceptors (Lipinski definition) is 2. The van der Waals surface area contributed by atoms with Crippen LogP contribution in [0.15, 0.2) is 0 Å². The first-order valence-electron chi connectivity index (χ1n) is 9.92. The minimum Gasteiger partial charge on any atom is -0.355 e. The Bertz CT molecular complexity index is 229. The molecule has 4 heteroatoms. The number of ether oxygens (including phenoxy) is 2. The maximum absolute atomic E-state index is 5.99. The van der Waals surface area contributed by atoms with Gasteiger partial charge in [-0.05, 0) is 25.2 Å². The summed E-state index contributed by atoms with van der Waals surface area (Å²) in [5.41, 5.74) is 0. The number of unbranched alkanes of at least 4 members (excludes halogenated alkanes) is 7. The molecule has 0 spiro atoms. The van der Waals surface area contributed by atoms with Gasteiger partial charge in [0.05, 0.1) is 0 Å². The molecule has 0 aliphatic carbocycles. The molecule has 0 rings (SSSR count). The lowest BCUT2D eigenvalue weighted by Gasteiger charge is -2.15. The van der Waals surface area contributed by atoms with Crippen LogP contribution in [-0.4, -0.2) is 39.3 Å². The van der Waals surface area contributed by atoms with Crippen LogP contribution in [0.1, 0.15) is 91.4 Å².